The second kappa shape index (κ2) is 6.74. The van der Waals surface area contributed by atoms with Gasteiger partial charge >= 0.3 is 5.97 Å². The van der Waals surface area contributed by atoms with Gasteiger partial charge in [-0.15, -0.1) is 0 Å². The van der Waals surface area contributed by atoms with E-state index in [2.05, 4.69) is 10.5 Å². The molecule has 6 heteroatoms. The quantitative estimate of drug-likeness (QED) is 0.862. The van der Waals surface area contributed by atoms with Gasteiger partial charge < -0.3 is 14.6 Å². The van der Waals surface area contributed by atoms with Crippen LogP contribution in [0.3, 0.4) is 0 Å². The van der Waals surface area contributed by atoms with Crippen LogP contribution in [-0.4, -0.2) is 29.2 Å². The number of ether oxygens (including phenoxy) is 1. The fourth-order valence-corrected chi connectivity index (χ4v) is 2.61. The Kier molecular flexibility index (Phi) is 4.98. The highest BCUT2D eigenvalue weighted by molar-refractivity contribution is 5.93. The van der Waals surface area contributed by atoms with Crippen LogP contribution in [-0.2, 0) is 9.53 Å². The average molecular weight is 294 g/mol. The maximum Gasteiger partial charge on any atom is 0.344 e. The number of nitrogens with zero attached hydrogens (tertiary/aromatic N) is 1. The lowest BCUT2D eigenvalue weighted by Crippen LogP contribution is -2.42. The minimum Gasteiger partial charge on any atom is -0.449 e. The molecule has 0 aromatic carbocycles. The van der Waals surface area contributed by atoms with Crippen molar-refractivity contribution in [3.05, 3.63) is 17.0 Å². The fourth-order valence-electron chi connectivity index (χ4n) is 2.61. The molecule has 0 saturated heterocycles. The predicted molar refractivity (Wildman–Crippen MR) is 75.9 cm³/mol. The number of aromatic nitrogens is 1. The lowest BCUT2D eigenvalue weighted by atomic mass is 9.95. The standard InChI is InChI=1S/C15H22N2O4/c1-9-13(10(2)21-17-9)15(19)20-11(3)14(18)16-12-7-5-4-6-8-12/h11-12H,4-8H2,1-3H3,(H,16,18)/t11-/m1/s1. The van der Waals surface area contributed by atoms with E-state index in [1.807, 2.05) is 0 Å². The van der Waals surface area contributed by atoms with E-state index in [0.29, 0.717) is 17.0 Å². The molecule has 1 aliphatic rings. The third kappa shape index (κ3) is 3.83. The van der Waals surface area contributed by atoms with E-state index >= 15 is 0 Å². The van der Waals surface area contributed by atoms with Crippen molar-refractivity contribution in [2.75, 3.05) is 0 Å². The summed E-state index contributed by atoms with van der Waals surface area (Å²) in [5.41, 5.74) is 0.768. The molecule has 6 nitrogen and oxygen atoms in total. The van der Waals surface area contributed by atoms with Gasteiger partial charge in [-0.05, 0) is 33.6 Å². The van der Waals surface area contributed by atoms with Gasteiger partial charge in [0.15, 0.2) is 6.10 Å². The van der Waals surface area contributed by atoms with Crippen LogP contribution in [0.1, 0.15) is 60.8 Å². The molecule has 1 heterocycles. The second-order valence-corrected chi connectivity index (χ2v) is 5.59. The molecule has 0 bridgehead atoms. The van der Waals surface area contributed by atoms with Crippen LogP contribution in [0.5, 0.6) is 0 Å². The van der Waals surface area contributed by atoms with E-state index in [1.54, 1.807) is 20.8 Å². The fraction of sp³-hybridized carbons (Fsp3) is 0.667. The van der Waals surface area contributed by atoms with E-state index < -0.39 is 12.1 Å². The molecular weight excluding hydrogens is 272 g/mol. The molecule has 1 fully saturated rings. The van der Waals surface area contributed by atoms with Crippen LogP contribution >= 0.6 is 0 Å². The summed E-state index contributed by atoms with van der Waals surface area (Å²) in [6.07, 6.45) is 4.67. The molecule has 116 valence electrons. The maximum atomic E-state index is 12.1. The van der Waals surface area contributed by atoms with Crippen molar-refractivity contribution >= 4 is 11.9 Å². The van der Waals surface area contributed by atoms with E-state index in [-0.39, 0.29) is 11.9 Å². The van der Waals surface area contributed by atoms with E-state index in [4.69, 9.17) is 9.26 Å². The Labute approximate surface area is 124 Å². The Balaban J connectivity index is 1.89. The van der Waals surface area contributed by atoms with Crippen molar-refractivity contribution in [1.82, 2.24) is 10.5 Å². The van der Waals surface area contributed by atoms with Crippen LogP contribution in [0.4, 0.5) is 0 Å². The average Bonchev–Trinajstić information content (AvgIpc) is 2.79. The molecule has 0 radical (unpaired) electrons. The maximum absolute atomic E-state index is 12.1. The number of rotatable bonds is 4. The van der Waals surface area contributed by atoms with Crippen LogP contribution in [0, 0.1) is 13.8 Å². The highest BCUT2D eigenvalue weighted by atomic mass is 16.5. The van der Waals surface area contributed by atoms with E-state index in [9.17, 15) is 9.59 Å². The van der Waals surface area contributed by atoms with Crippen molar-refractivity contribution in [3.8, 4) is 0 Å². The highest BCUT2D eigenvalue weighted by Gasteiger charge is 2.25. The lowest BCUT2D eigenvalue weighted by Gasteiger charge is -2.24. The number of esters is 1. The summed E-state index contributed by atoms with van der Waals surface area (Å²) < 4.78 is 10.1. The topological polar surface area (TPSA) is 81.4 Å². The molecule has 1 aromatic heterocycles. The third-order valence-electron chi connectivity index (χ3n) is 3.84. The molecule has 0 unspecified atom stereocenters. The van der Waals surface area contributed by atoms with Gasteiger partial charge in [0.1, 0.15) is 11.3 Å². The molecular formula is C15H22N2O4. The molecule has 1 aromatic rings. The summed E-state index contributed by atoms with van der Waals surface area (Å²) in [5, 5.41) is 6.65. The highest BCUT2D eigenvalue weighted by Crippen LogP contribution is 2.18. The lowest BCUT2D eigenvalue weighted by molar-refractivity contribution is -0.130. The first-order chi connectivity index (χ1) is 9.99. The summed E-state index contributed by atoms with van der Waals surface area (Å²) >= 11 is 0. The Morgan fingerprint density at radius 1 is 1.29 bits per heavy atom. The van der Waals surface area contributed by atoms with Crippen molar-refractivity contribution in [1.29, 1.82) is 0 Å². The van der Waals surface area contributed by atoms with Crippen molar-refractivity contribution in [2.45, 2.75) is 65.0 Å². The Morgan fingerprint density at radius 2 is 1.95 bits per heavy atom. The monoisotopic (exact) mass is 294 g/mol. The van der Waals surface area contributed by atoms with Gasteiger partial charge in [-0.25, -0.2) is 4.79 Å². The molecule has 2 rings (SSSR count). The second-order valence-electron chi connectivity index (χ2n) is 5.59. The number of aryl methyl sites for hydroxylation is 2. The first kappa shape index (κ1) is 15.5. The van der Waals surface area contributed by atoms with Gasteiger partial charge in [-0.1, -0.05) is 24.4 Å². The van der Waals surface area contributed by atoms with Crippen LogP contribution in [0.15, 0.2) is 4.52 Å². The largest absolute Gasteiger partial charge is 0.449 e. The van der Waals surface area contributed by atoms with Crippen LogP contribution in [0.25, 0.3) is 0 Å². The van der Waals surface area contributed by atoms with Gasteiger partial charge in [0.25, 0.3) is 5.91 Å². The molecule has 1 saturated carbocycles. The molecule has 1 amide bonds. The number of carbonyl (C=O) groups is 2. The Hall–Kier alpha value is -1.85. The summed E-state index contributed by atoms with van der Waals surface area (Å²) in [5.74, 6) is -0.419. The first-order valence-corrected chi connectivity index (χ1v) is 7.43. The van der Waals surface area contributed by atoms with Crippen molar-refractivity contribution in [3.63, 3.8) is 0 Å². The van der Waals surface area contributed by atoms with Crippen molar-refractivity contribution in [2.24, 2.45) is 0 Å². The summed E-state index contributed by atoms with van der Waals surface area (Å²) in [6, 6.07) is 0.200. The van der Waals surface area contributed by atoms with Crippen LogP contribution in [0.2, 0.25) is 0 Å². The van der Waals surface area contributed by atoms with Crippen LogP contribution < -0.4 is 5.32 Å². The summed E-state index contributed by atoms with van der Waals surface area (Å²) in [6.45, 7) is 4.89. The van der Waals surface area contributed by atoms with Gasteiger partial charge in [0, 0.05) is 6.04 Å². The van der Waals surface area contributed by atoms with Gasteiger partial charge in [-0.2, -0.15) is 0 Å². The smallest absolute Gasteiger partial charge is 0.344 e. The number of amides is 1. The minimum atomic E-state index is -0.826. The SMILES string of the molecule is Cc1noc(C)c1C(=O)O[C@H](C)C(=O)NC1CCCCC1. The molecule has 1 atom stereocenters. The summed E-state index contributed by atoms with van der Waals surface area (Å²) in [7, 11) is 0. The number of carbonyl (C=O) groups excluding carboxylic acids is 2. The predicted octanol–water partition coefficient (Wildman–Crippen LogP) is 2.29. The zero-order valence-electron chi connectivity index (χ0n) is 12.8. The summed E-state index contributed by atoms with van der Waals surface area (Å²) in [4.78, 5) is 24.1. The van der Waals surface area contributed by atoms with E-state index in [1.165, 1.54) is 6.42 Å². The van der Waals surface area contributed by atoms with Gasteiger partial charge in [0.2, 0.25) is 0 Å². The zero-order valence-corrected chi connectivity index (χ0v) is 12.8. The molecule has 21 heavy (non-hydrogen) atoms. The minimum absolute atomic E-state index is 0.200. The Morgan fingerprint density at radius 3 is 2.52 bits per heavy atom. The van der Waals surface area contributed by atoms with Gasteiger partial charge in [-0.3, -0.25) is 4.79 Å². The first-order valence-electron chi connectivity index (χ1n) is 7.43. The third-order valence-corrected chi connectivity index (χ3v) is 3.84. The normalized spacial score (nSPS) is 17.3. The zero-order chi connectivity index (χ0) is 15.4. The number of hydrogen-bond donors (Lipinski definition) is 1. The molecule has 0 aliphatic heterocycles. The van der Waals surface area contributed by atoms with Gasteiger partial charge in [0.05, 0.1) is 5.69 Å². The Bertz CT molecular complexity index is 498. The molecule has 0 spiro atoms. The van der Waals surface area contributed by atoms with E-state index in [0.717, 1.165) is 25.7 Å². The molecule has 1 N–H and O–H groups in total. The molecule has 1 aliphatic carbocycles. The van der Waals surface area contributed by atoms with Crippen molar-refractivity contribution < 1.29 is 18.8 Å². The number of hydrogen-bond acceptors (Lipinski definition) is 5. The number of nitrogens with one attached hydrogen (secondary N) is 1.